The molecule has 1 aliphatic carbocycles. The quantitative estimate of drug-likeness (QED) is 0.708. The second-order valence-electron chi connectivity index (χ2n) is 7.90. The van der Waals surface area contributed by atoms with Gasteiger partial charge in [-0.3, -0.25) is 4.90 Å². The zero-order chi connectivity index (χ0) is 14.8. The second-order valence-corrected chi connectivity index (χ2v) is 7.90. The van der Waals surface area contributed by atoms with Crippen molar-refractivity contribution < 1.29 is 0 Å². The molecule has 0 aromatic rings. The van der Waals surface area contributed by atoms with E-state index in [1.54, 1.807) is 0 Å². The van der Waals surface area contributed by atoms with Crippen molar-refractivity contribution in [2.24, 2.45) is 11.8 Å². The summed E-state index contributed by atoms with van der Waals surface area (Å²) in [6, 6.07) is 1.47. The van der Waals surface area contributed by atoms with Gasteiger partial charge >= 0.3 is 0 Å². The minimum atomic E-state index is 0.379. The van der Waals surface area contributed by atoms with E-state index in [4.69, 9.17) is 0 Å². The molecule has 2 nitrogen and oxygen atoms in total. The molecule has 1 saturated heterocycles. The number of nitrogens with zero attached hydrogens (tertiary/aromatic N) is 1. The fourth-order valence-corrected chi connectivity index (χ4v) is 3.96. The predicted octanol–water partition coefficient (Wildman–Crippen LogP) is 4.05. The van der Waals surface area contributed by atoms with E-state index < -0.39 is 0 Å². The van der Waals surface area contributed by atoms with Crippen LogP contribution in [-0.2, 0) is 0 Å². The molecular weight excluding hydrogens is 244 g/mol. The van der Waals surface area contributed by atoms with Gasteiger partial charge in [0, 0.05) is 30.7 Å². The largest absolute Gasteiger partial charge is 0.308 e. The SMILES string of the molecule is CCCCCC(C)N1CC(C)(C2CC2)NCC1C(C)C. The Morgan fingerprint density at radius 2 is 1.90 bits per heavy atom. The summed E-state index contributed by atoms with van der Waals surface area (Å²) in [5, 5.41) is 3.90. The molecule has 1 saturated carbocycles. The third kappa shape index (κ3) is 3.76. The first-order chi connectivity index (χ1) is 9.48. The molecule has 0 radical (unpaired) electrons. The first-order valence-corrected chi connectivity index (χ1v) is 8.98. The lowest BCUT2D eigenvalue weighted by molar-refractivity contribution is 0.0203. The molecule has 3 atom stereocenters. The van der Waals surface area contributed by atoms with Crippen LogP contribution in [-0.4, -0.2) is 35.6 Å². The Bertz CT molecular complexity index is 298. The molecule has 20 heavy (non-hydrogen) atoms. The maximum Gasteiger partial charge on any atom is 0.0309 e. The van der Waals surface area contributed by atoms with Crippen LogP contribution in [0.2, 0.25) is 0 Å². The average molecular weight is 280 g/mol. The molecule has 0 aromatic carbocycles. The number of hydrogen-bond donors (Lipinski definition) is 1. The van der Waals surface area contributed by atoms with Gasteiger partial charge in [-0.15, -0.1) is 0 Å². The molecule has 0 amide bonds. The lowest BCUT2D eigenvalue weighted by atomic mass is 9.86. The summed E-state index contributed by atoms with van der Waals surface area (Å²) in [4.78, 5) is 2.84. The van der Waals surface area contributed by atoms with Gasteiger partial charge in [0.2, 0.25) is 0 Å². The van der Waals surface area contributed by atoms with Crippen molar-refractivity contribution in [3.05, 3.63) is 0 Å². The maximum atomic E-state index is 3.90. The fraction of sp³-hybridized carbons (Fsp3) is 1.00. The van der Waals surface area contributed by atoms with Crippen LogP contribution in [0.1, 0.15) is 73.1 Å². The molecule has 2 rings (SSSR count). The second kappa shape index (κ2) is 6.79. The van der Waals surface area contributed by atoms with Crippen LogP contribution in [0.4, 0.5) is 0 Å². The van der Waals surface area contributed by atoms with Gasteiger partial charge in [0.1, 0.15) is 0 Å². The van der Waals surface area contributed by atoms with Crippen molar-refractivity contribution in [1.29, 1.82) is 0 Å². The summed E-state index contributed by atoms with van der Waals surface area (Å²) in [6.07, 6.45) is 8.37. The van der Waals surface area contributed by atoms with Crippen LogP contribution in [0.15, 0.2) is 0 Å². The molecule has 2 heteroatoms. The third-order valence-corrected chi connectivity index (χ3v) is 5.69. The van der Waals surface area contributed by atoms with Gasteiger partial charge in [-0.1, -0.05) is 40.0 Å². The first kappa shape index (κ1) is 16.3. The van der Waals surface area contributed by atoms with Crippen molar-refractivity contribution in [2.45, 2.75) is 90.8 Å². The van der Waals surface area contributed by atoms with Crippen molar-refractivity contribution in [2.75, 3.05) is 13.1 Å². The highest BCUT2D eigenvalue weighted by atomic mass is 15.3. The maximum absolute atomic E-state index is 3.90. The molecular formula is C18H36N2. The molecule has 0 aromatic heterocycles. The number of hydrogen-bond acceptors (Lipinski definition) is 2. The Morgan fingerprint density at radius 1 is 1.20 bits per heavy atom. The van der Waals surface area contributed by atoms with E-state index in [0.29, 0.717) is 5.54 Å². The van der Waals surface area contributed by atoms with E-state index in [-0.39, 0.29) is 0 Å². The minimum absolute atomic E-state index is 0.379. The predicted molar refractivity (Wildman–Crippen MR) is 88.1 cm³/mol. The van der Waals surface area contributed by atoms with Crippen molar-refractivity contribution in [3.8, 4) is 0 Å². The molecule has 118 valence electrons. The topological polar surface area (TPSA) is 15.3 Å². The molecule has 1 N–H and O–H groups in total. The van der Waals surface area contributed by atoms with E-state index in [9.17, 15) is 0 Å². The summed E-state index contributed by atoms with van der Waals surface area (Å²) < 4.78 is 0. The van der Waals surface area contributed by atoms with Gasteiger partial charge in [0.15, 0.2) is 0 Å². The number of piperazine rings is 1. The highest BCUT2D eigenvalue weighted by Crippen LogP contribution is 2.42. The lowest BCUT2D eigenvalue weighted by Gasteiger charge is -2.50. The van der Waals surface area contributed by atoms with Crippen molar-refractivity contribution >= 4 is 0 Å². The Labute approximate surface area is 126 Å². The van der Waals surface area contributed by atoms with Crippen LogP contribution in [0.3, 0.4) is 0 Å². The normalized spacial score (nSPS) is 33.6. The van der Waals surface area contributed by atoms with Gasteiger partial charge in [-0.2, -0.15) is 0 Å². The van der Waals surface area contributed by atoms with Crippen LogP contribution < -0.4 is 5.32 Å². The smallest absolute Gasteiger partial charge is 0.0309 e. The zero-order valence-electron chi connectivity index (χ0n) is 14.4. The summed E-state index contributed by atoms with van der Waals surface area (Å²) in [5.74, 6) is 1.68. The monoisotopic (exact) mass is 280 g/mol. The summed E-state index contributed by atoms with van der Waals surface area (Å²) in [6.45, 7) is 14.4. The van der Waals surface area contributed by atoms with Gasteiger partial charge in [0.05, 0.1) is 0 Å². The summed E-state index contributed by atoms with van der Waals surface area (Å²) >= 11 is 0. The Kier molecular flexibility index (Phi) is 5.53. The van der Waals surface area contributed by atoms with E-state index in [1.165, 1.54) is 51.6 Å². The highest BCUT2D eigenvalue weighted by Gasteiger charge is 2.47. The Hall–Kier alpha value is -0.0800. The van der Waals surface area contributed by atoms with Gasteiger partial charge in [-0.25, -0.2) is 0 Å². The minimum Gasteiger partial charge on any atom is -0.308 e. The summed E-state index contributed by atoms with van der Waals surface area (Å²) in [5.41, 5.74) is 0.379. The fourth-order valence-electron chi connectivity index (χ4n) is 3.96. The molecule has 0 bridgehead atoms. The van der Waals surface area contributed by atoms with Crippen LogP contribution >= 0.6 is 0 Å². The number of unbranched alkanes of at least 4 members (excludes halogenated alkanes) is 2. The van der Waals surface area contributed by atoms with Crippen LogP contribution in [0.5, 0.6) is 0 Å². The lowest BCUT2D eigenvalue weighted by Crippen LogP contribution is -2.66. The third-order valence-electron chi connectivity index (χ3n) is 5.69. The molecule has 0 spiro atoms. The van der Waals surface area contributed by atoms with Gasteiger partial charge in [0.25, 0.3) is 0 Å². The molecule has 2 fully saturated rings. The van der Waals surface area contributed by atoms with E-state index >= 15 is 0 Å². The Morgan fingerprint density at radius 3 is 2.45 bits per heavy atom. The standard InChI is InChI=1S/C18H36N2/c1-6-7-8-9-15(4)20-13-18(5,16-10-11-16)19-12-17(20)14(2)3/h14-17,19H,6-13H2,1-5H3. The van der Waals surface area contributed by atoms with Gasteiger partial charge < -0.3 is 5.32 Å². The number of rotatable bonds is 7. The number of nitrogens with one attached hydrogen (secondary N) is 1. The van der Waals surface area contributed by atoms with E-state index in [0.717, 1.165) is 23.9 Å². The molecule has 1 heterocycles. The molecule has 2 aliphatic rings. The van der Waals surface area contributed by atoms with Crippen molar-refractivity contribution in [1.82, 2.24) is 10.2 Å². The van der Waals surface area contributed by atoms with Gasteiger partial charge in [-0.05, 0) is 44.9 Å². The molecule has 1 aliphatic heterocycles. The van der Waals surface area contributed by atoms with E-state index in [1.807, 2.05) is 0 Å². The first-order valence-electron chi connectivity index (χ1n) is 8.98. The van der Waals surface area contributed by atoms with Crippen molar-refractivity contribution in [3.63, 3.8) is 0 Å². The average Bonchev–Trinajstić information content (AvgIpc) is 3.23. The van der Waals surface area contributed by atoms with Crippen LogP contribution in [0, 0.1) is 11.8 Å². The molecule has 3 unspecified atom stereocenters. The zero-order valence-corrected chi connectivity index (χ0v) is 14.4. The highest BCUT2D eigenvalue weighted by molar-refractivity contribution is 5.05. The van der Waals surface area contributed by atoms with Crippen LogP contribution in [0.25, 0.3) is 0 Å². The summed E-state index contributed by atoms with van der Waals surface area (Å²) in [7, 11) is 0. The van der Waals surface area contributed by atoms with E-state index in [2.05, 4.69) is 44.8 Å². The Balaban J connectivity index is 1.98.